The minimum Gasteiger partial charge on any atom is -0.496 e. The molecular weight excluding hydrogens is 256 g/mol. The molecule has 0 spiro atoms. The van der Waals surface area contributed by atoms with Crippen LogP contribution in [0.15, 0.2) is 18.2 Å². The molecule has 0 amide bonds. The number of ether oxygens (including phenoxy) is 3. The molecule has 0 aliphatic carbocycles. The average molecular weight is 273 g/mol. The van der Waals surface area contributed by atoms with E-state index in [-0.39, 0.29) is 18.8 Å². The molecule has 0 atom stereocenters. The van der Waals surface area contributed by atoms with Gasteiger partial charge in [0.25, 0.3) is 0 Å². The van der Waals surface area contributed by atoms with E-state index in [0.29, 0.717) is 24.0 Å². The first kappa shape index (κ1) is 15.0. The third-order valence-corrected chi connectivity index (χ3v) is 2.56. The summed E-state index contributed by atoms with van der Waals surface area (Å²) in [7, 11) is 3.15. The smallest absolute Gasteiger partial charge is 0.162 e. The molecule has 18 heavy (non-hydrogen) atoms. The minimum absolute atomic E-state index is 0.0216. The molecule has 0 saturated carbocycles. The first-order valence-corrected chi connectivity index (χ1v) is 5.96. The molecule has 4 nitrogen and oxygen atoms in total. The van der Waals surface area contributed by atoms with E-state index in [1.54, 1.807) is 32.4 Å². The lowest BCUT2D eigenvalue weighted by atomic mass is 10.1. The SMILES string of the molecule is COCCOCC(=O)Cc1cc(Cl)ccc1OC. The van der Waals surface area contributed by atoms with Gasteiger partial charge in [0.15, 0.2) is 5.78 Å². The van der Waals surface area contributed by atoms with Crippen molar-refractivity contribution in [3.05, 3.63) is 28.8 Å². The summed E-state index contributed by atoms with van der Waals surface area (Å²) in [6.45, 7) is 0.960. The maximum atomic E-state index is 11.7. The van der Waals surface area contributed by atoms with Crippen molar-refractivity contribution in [1.29, 1.82) is 0 Å². The number of rotatable bonds is 8. The van der Waals surface area contributed by atoms with Crippen LogP contribution in [0.25, 0.3) is 0 Å². The highest BCUT2D eigenvalue weighted by atomic mass is 35.5. The van der Waals surface area contributed by atoms with Crippen molar-refractivity contribution in [3.8, 4) is 5.75 Å². The molecule has 0 aliphatic heterocycles. The fourth-order valence-electron chi connectivity index (χ4n) is 1.48. The number of hydrogen-bond donors (Lipinski definition) is 0. The van der Waals surface area contributed by atoms with Gasteiger partial charge in [0.2, 0.25) is 0 Å². The zero-order valence-corrected chi connectivity index (χ0v) is 11.3. The van der Waals surface area contributed by atoms with Crippen LogP contribution >= 0.6 is 11.6 Å². The third-order valence-electron chi connectivity index (χ3n) is 2.32. The van der Waals surface area contributed by atoms with Crippen LogP contribution in [0, 0.1) is 0 Å². The van der Waals surface area contributed by atoms with Crippen molar-refractivity contribution in [1.82, 2.24) is 0 Å². The molecule has 0 saturated heterocycles. The molecule has 1 aromatic rings. The van der Waals surface area contributed by atoms with E-state index in [1.165, 1.54) is 0 Å². The summed E-state index contributed by atoms with van der Waals surface area (Å²) in [5.74, 6) is 0.635. The van der Waals surface area contributed by atoms with E-state index >= 15 is 0 Å². The van der Waals surface area contributed by atoms with Gasteiger partial charge in [-0.3, -0.25) is 4.79 Å². The van der Waals surface area contributed by atoms with Gasteiger partial charge < -0.3 is 14.2 Å². The van der Waals surface area contributed by atoms with Gasteiger partial charge >= 0.3 is 0 Å². The van der Waals surface area contributed by atoms with Gasteiger partial charge in [-0.2, -0.15) is 0 Å². The highest BCUT2D eigenvalue weighted by Gasteiger charge is 2.09. The summed E-state index contributed by atoms with van der Waals surface area (Å²) >= 11 is 5.89. The Hall–Kier alpha value is -1.10. The van der Waals surface area contributed by atoms with E-state index in [9.17, 15) is 4.79 Å². The van der Waals surface area contributed by atoms with Crippen LogP contribution in [-0.4, -0.2) is 39.8 Å². The Balaban J connectivity index is 2.50. The number of ketones is 1. The summed E-state index contributed by atoms with van der Waals surface area (Å²) in [6, 6.07) is 5.20. The fourth-order valence-corrected chi connectivity index (χ4v) is 1.67. The van der Waals surface area contributed by atoms with Gasteiger partial charge in [0.1, 0.15) is 12.4 Å². The monoisotopic (exact) mass is 272 g/mol. The molecule has 0 bridgehead atoms. The molecule has 5 heteroatoms. The highest BCUT2D eigenvalue weighted by molar-refractivity contribution is 6.30. The molecule has 1 aromatic carbocycles. The van der Waals surface area contributed by atoms with Crippen molar-refractivity contribution in [2.24, 2.45) is 0 Å². The summed E-state index contributed by atoms with van der Waals surface area (Å²) in [5, 5.41) is 0.582. The predicted molar refractivity (Wildman–Crippen MR) is 69.4 cm³/mol. The van der Waals surface area contributed by atoms with E-state index in [4.69, 9.17) is 25.8 Å². The Morgan fingerprint density at radius 1 is 1.28 bits per heavy atom. The fraction of sp³-hybridized carbons (Fsp3) is 0.462. The van der Waals surface area contributed by atoms with Crippen molar-refractivity contribution in [2.75, 3.05) is 34.0 Å². The Kier molecular flexibility index (Phi) is 6.72. The molecule has 0 aliphatic rings. The van der Waals surface area contributed by atoms with Gasteiger partial charge in [-0.05, 0) is 18.2 Å². The van der Waals surface area contributed by atoms with Gasteiger partial charge in [-0.1, -0.05) is 11.6 Å². The van der Waals surface area contributed by atoms with Gasteiger partial charge in [-0.15, -0.1) is 0 Å². The van der Waals surface area contributed by atoms with Crippen LogP contribution in [0.1, 0.15) is 5.56 Å². The van der Waals surface area contributed by atoms with Crippen LogP contribution in [0.4, 0.5) is 0 Å². The van der Waals surface area contributed by atoms with Crippen LogP contribution < -0.4 is 4.74 Å². The van der Waals surface area contributed by atoms with E-state index in [2.05, 4.69) is 0 Å². The summed E-state index contributed by atoms with van der Waals surface area (Å²) in [5.41, 5.74) is 0.769. The zero-order valence-electron chi connectivity index (χ0n) is 10.6. The standard InChI is InChI=1S/C13H17ClO4/c1-16-5-6-18-9-12(15)8-10-7-11(14)3-4-13(10)17-2/h3-4,7H,5-6,8-9H2,1-2H3. The number of Topliss-reactive ketones (excluding diaryl/α,β-unsaturated/α-hetero) is 1. The molecule has 0 radical (unpaired) electrons. The number of halogens is 1. The molecule has 0 heterocycles. The number of methoxy groups -OCH3 is 2. The Morgan fingerprint density at radius 3 is 2.72 bits per heavy atom. The van der Waals surface area contributed by atoms with Crippen molar-refractivity contribution in [2.45, 2.75) is 6.42 Å². The summed E-state index contributed by atoms with van der Waals surface area (Å²) in [4.78, 5) is 11.7. The number of carbonyl (C=O) groups excluding carboxylic acids is 1. The van der Waals surface area contributed by atoms with E-state index in [1.807, 2.05) is 0 Å². The van der Waals surface area contributed by atoms with Crippen molar-refractivity contribution < 1.29 is 19.0 Å². The molecule has 0 unspecified atom stereocenters. The van der Waals surface area contributed by atoms with Gasteiger partial charge in [0.05, 0.1) is 20.3 Å². The van der Waals surface area contributed by atoms with Crippen LogP contribution in [0.5, 0.6) is 5.75 Å². The van der Waals surface area contributed by atoms with Crippen LogP contribution in [-0.2, 0) is 20.7 Å². The molecule has 1 rings (SSSR count). The minimum atomic E-state index is -0.0216. The Labute approximate surface area is 112 Å². The lowest BCUT2D eigenvalue weighted by Gasteiger charge is -2.08. The largest absolute Gasteiger partial charge is 0.496 e. The Bertz CT molecular complexity index is 393. The topological polar surface area (TPSA) is 44.8 Å². The van der Waals surface area contributed by atoms with Crippen LogP contribution in [0.3, 0.4) is 0 Å². The second-order valence-corrected chi connectivity index (χ2v) is 4.15. The Morgan fingerprint density at radius 2 is 2.06 bits per heavy atom. The van der Waals surface area contributed by atoms with Gasteiger partial charge in [0, 0.05) is 24.1 Å². The van der Waals surface area contributed by atoms with Crippen LogP contribution in [0.2, 0.25) is 5.02 Å². The average Bonchev–Trinajstić information content (AvgIpc) is 2.35. The second kappa shape index (κ2) is 8.08. The lowest BCUT2D eigenvalue weighted by Crippen LogP contribution is -2.14. The van der Waals surface area contributed by atoms with Gasteiger partial charge in [-0.25, -0.2) is 0 Å². The summed E-state index contributed by atoms with van der Waals surface area (Å²) < 4.78 is 15.2. The normalized spacial score (nSPS) is 10.4. The summed E-state index contributed by atoms with van der Waals surface area (Å²) in [6.07, 6.45) is 0.247. The zero-order chi connectivity index (χ0) is 13.4. The lowest BCUT2D eigenvalue weighted by molar-refractivity contribution is -0.123. The molecular formula is C13H17ClO4. The van der Waals surface area contributed by atoms with Crippen molar-refractivity contribution in [3.63, 3.8) is 0 Å². The molecule has 0 aromatic heterocycles. The third kappa shape index (κ3) is 5.04. The van der Waals surface area contributed by atoms with E-state index < -0.39 is 0 Å². The molecule has 100 valence electrons. The van der Waals surface area contributed by atoms with E-state index in [0.717, 1.165) is 5.56 Å². The quantitative estimate of drug-likeness (QED) is 0.680. The maximum absolute atomic E-state index is 11.7. The molecule has 0 N–H and O–H groups in total. The number of carbonyl (C=O) groups is 1. The van der Waals surface area contributed by atoms with Crippen molar-refractivity contribution >= 4 is 17.4 Å². The molecule has 0 fully saturated rings. The predicted octanol–water partition coefficient (Wildman–Crippen LogP) is 2.12. The highest BCUT2D eigenvalue weighted by Crippen LogP contribution is 2.23. The maximum Gasteiger partial charge on any atom is 0.162 e. The number of hydrogen-bond acceptors (Lipinski definition) is 4. The second-order valence-electron chi connectivity index (χ2n) is 3.72. The first-order chi connectivity index (χ1) is 8.67. The first-order valence-electron chi connectivity index (χ1n) is 5.58. The number of benzene rings is 1.